The number of carbonyl (C=O) groups is 2. The number of aromatic nitrogens is 2. The van der Waals surface area contributed by atoms with E-state index >= 15 is 0 Å². The van der Waals surface area contributed by atoms with Gasteiger partial charge in [0.25, 0.3) is 11.1 Å². The summed E-state index contributed by atoms with van der Waals surface area (Å²) in [6, 6.07) is 14.5. The summed E-state index contributed by atoms with van der Waals surface area (Å²) in [4.78, 5) is 26.1. The van der Waals surface area contributed by atoms with E-state index in [0.29, 0.717) is 34.6 Å². The Labute approximate surface area is 182 Å². The van der Waals surface area contributed by atoms with Crippen molar-refractivity contribution < 1.29 is 23.5 Å². The predicted molar refractivity (Wildman–Crippen MR) is 113 cm³/mol. The van der Waals surface area contributed by atoms with E-state index in [2.05, 4.69) is 10.2 Å². The minimum absolute atomic E-state index is 0.0600. The van der Waals surface area contributed by atoms with Gasteiger partial charge in [-0.05, 0) is 42.8 Å². The molecule has 2 aliphatic rings. The van der Waals surface area contributed by atoms with Crippen LogP contribution < -0.4 is 14.4 Å². The van der Waals surface area contributed by atoms with Gasteiger partial charge >= 0.3 is 0 Å². The Morgan fingerprint density at radius 3 is 2.68 bits per heavy atom. The molecule has 0 saturated carbocycles. The molecule has 0 radical (unpaired) electrons. The highest BCUT2D eigenvalue weighted by atomic mass is 32.2. The van der Waals surface area contributed by atoms with E-state index in [-0.39, 0.29) is 24.1 Å². The summed E-state index contributed by atoms with van der Waals surface area (Å²) >= 11 is 1.17. The third kappa shape index (κ3) is 4.13. The number of Topliss-reactive ketones (excluding diaryl/α,β-unsaturated/α-hetero) is 1. The van der Waals surface area contributed by atoms with Crippen molar-refractivity contribution in [2.24, 2.45) is 0 Å². The number of nitrogens with zero attached hydrogens (tertiary/aromatic N) is 3. The van der Waals surface area contributed by atoms with Gasteiger partial charge in [0, 0.05) is 24.2 Å². The van der Waals surface area contributed by atoms with Crippen molar-refractivity contribution in [1.82, 2.24) is 10.2 Å². The quantitative estimate of drug-likeness (QED) is 0.426. The zero-order valence-corrected chi connectivity index (χ0v) is 17.3. The van der Waals surface area contributed by atoms with Gasteiger partial charge in [0.2, 0.25) is 12.0 Å². The van der Waals surface area contributed by atoms with E-state index in [4.69, 9.17) is 13.9 Å². The Bertz CT molecular complexity index is 1110. The van der Waals surface area contributed by atoms with E-state index in [9.17, 15) is 9.59 Å². The van der Waals surface area contributed by atoms with Crippen LogP contribution in [0.1, 0.15) is 35.2 Å². The van der Waals surface area contributed by atoms with E-state index in [0.717, 1.165) is 18.7 Å². The lowest BCUT2D eigenvalue weighted by atomic mass is 10.1. The van der Waals surface area contributed by atoms with Crippen LogP contribution in [0, 0.1) is 0 Å². The number of ether oxygens (including phenoxy) is 2. The highest BCUT2D eigenvalue weighted by Crippen LogP contribution is 2.36. The number of ketones is 1. The monoisotopic (exact) mass is 437 g/mol. The number of thioether (sulfide) groups is 1. The fourth-order valence-corrected chi connectivity index (χ4v) is 4.17. The molecule has 0 spiro atoms. The molecule has 31 heavy (non-hydrogen) atoms. The van der Waals surface area contributed by atoms with Gasteiger partial charge in [-0.2, -0.15) is 0 Å². The predicted octanol–water partition coefficient (Wildman–Crippen LogP) is 3.68. The smallest absolute Gasteiger partial charge is 0.277 e. The number of rotatable bonds is 6. The Kier molecular flexibility index (Phi) is 5.33. The number of para-hydroxylation sites is 2. The van der Waals surface area contributed by atoms with Crippen LogP contribution in [0.25, 0.3) is 0 Å². The molecule has 1 amide bonds. The Hall–Kier alpha value is -3.33. The van der Waals surface area contributed by atoms with Crippen LogP contribution in [-0.2, 0) is 4.79 Å². The van der Waals surface area contributed by atoms with Crippen molar-refractivity contribution in [1.29, 1.82) is 0 Å². The molecule has 2 aromatic carbocycles. The number of benzene rings is 2. The first-order chi connectivity index (χ1) is 15.2. The summed E-state index contributed by atoms with van der Waals surface area (Å²) in [5.74, 6) is 1.84. The van der Waals surface area contributed by atoms with Crippen molar-refractivity contribution in [3.8, 4) is 11.5 Å². The minimum Gasteiger partial charge on any atom is -0.485 e. The summed E-state index contributed by atoms with van der Waals surface area (Å²) in [7, 11) is 0. The van der Waals surface area contributed by atoms with Gasteiger partial charge in [0.05, 0.1) is 5.75 Å². The average molecular weight is 437 g/mol. The highest BCUT2D eigenvalue weighted by Gasteiger charge is 2.27. The van der Waals surface area contributed by atoms with Crippen LogP contribution in [0.4, 0.5) is 5.69 Å². The molecule has 1 fully saturated rings. The van der Waals surface area contributed by atoms with E-state index in [1.165, 1.54) is 11.8 Å². The van der Waals surface area contributed by atoms with Crippen molar-refractivity contribution in [2.45, 2.75) is 24.2 Å². The molecule has 3 heterocycles. The maximum absolute atomic E-state index is 12.5. The molecule has 1 atom stereocenters. The number of fused-ring (bicyclic) bond motifs is 1. The molecule has 0 unspecified atom stereocenters. The second-order valence-corrected chi connectivity index (χ2v) is 8.10. The van der Waals surface area contributed by atoms with Crippen LogP contribution in [-0.4, -0.2) is 40.8 Å². The maximum Gasteiger partial charge on any atom is 0.277 e. The maximum atomic E-state index is 12.5. The molecule has 5 rings (SSSR count). The first kappa shape index (κ1) is 19.6. The second kappa shape index (κ2) is 8.43. The first-order valence-electron chi connectivity index (χ1n) is 9.96. The van der Waals surface area contributed by atoms with Crippen LogP contribution in [0.3, 0.4) is 0 Å². The van der Waals surface area contributed by atoms with Crippen LogP contribution >= 0.6 is 11.8 Å². The molecule has 1 aromatic heterocycles. The molecule has 0 aliphatic carbocycles. The lowest BCUT2D eigenvalue weighted by Crippen LogP contribution is -2.23. The van der Waals surface area contributed by atoms with Gasteiger partial charge in [0.1, 0.15) is 6.61 Å². The van der Waals surface area contributed by atoms with Gasteiger partial charge < -0.3 is 18.8 Å². The topological polar surface area (TPSA) is 94.8 Å². The van der Waals surface area contributed by atoms with Gasteiger partial charge in [-0.25, -0.2) is 0 Å². The summed E-state index contributed by atoms with van der Waals surface area (Å²) < 4.78 is 17.2. The van der Waals surface area contributed by atoms with Crippen LogP contribution in [0.15, 0.2) is 58.2 Å². The van der Waals surface area contributed by atoms with Crippen molar-refractivity contribution >= 4 is 29.1 Å². The van der Waals surface area contributed by atoms with Crippen molar-refractivity contribution in [3.05, 3.63) is 60.0 Å². The van der Waals surface area contributed by atoms with Gasteiger partial charge in [-0.3, -0.25) is 9.59 Å². The van der Waals surface area contributed by atoms with Crippen LogP contribution in [0.5, 0.6) is 11.5 Å². The zero-order chi connectivity index (χ0) is 21.2. The van der Waals surface area contributed by atoms with Crippen molar-refractivity contribution in [3.63, 3.8) is 0 Å². The molecule has 1 saturated heterocycles. The number of carbonyl (C=O) groups excluding carboxylic acids is 2. The number of hydrogen-bond acceptors (Lipinski definition) is 8. The number of amides is 1. The van der Waals surface area contributed by atoms with Crippen LogP contribution in [0.2, 0.25) is 0 Å². The third-order valence-corrected chi connectivity index (χ3v) is 5.93. The third-order valence-electron chi connectivity index (χ3n) is 5.11. The molecule has 158 valence electrons. The Morgan fingerprint density at radius 1 is 1.10 bits per heavy atom. The fourth-order valence-electron chi connectivity index (χ4n) is 3.51. The minimum atomic E-state index is -0.492. The van der Waals surface area contributed by atoms with Gasteiger partial charge in [0.15, 0.2) is 17.3 Å². The standard InChI is InChI=1S/C22H19N3O5S/c26-16(14-7-9-15(10-8-14)25-11-3-6-20(25)27)13-31-22-24-23-21(30-22)19-12-28-17-4-1-2-5-18(17)29-19/h1-2,4-5,7-10,19H,3,6,11-13H2/t19-/m0/s1. The van der Waals surface area contributed by atoms with E-state index in [1.807, 2.05) is 36.4 Å². The molecule has 8 nitrogen and oxygen atoms in total. The molecular weight excluding hydrogens is 418 g/mol. The lowest BCUT2D eigenvalue weighted by molar-refractivity contribution is -0.117. The van der Waals surface area contributed by atoms with Crippen molar-refractivity contribution in [2.75, 3.05) is 23.8 Å². The zero-order valence-electron chi connectivity index (χ0n) is 16.5. The van der Waals surface area contributed by atoms with E-state index < -0.39 is 6.10 Å². The van der Waals surface area contributed by atoms with Gasteiger partial charge in [-0.1, -0.05) is 23.9 Å². The average Bonchev–Trinajstić information content (AvgIpc) is 3.46. The van der Waals surface area contributed by atoms with E-state index in [1.54, 1.807) is 17.0 Å². The highest BCUT2D eigenvalue weighted by molar-refractivity contribution is 7.99. The van der Waals surface area contributed by atoms with Gasteiger partial charge in [-0.15, -0.1) is 10.2 Å². The largest absolute Gasteiger partial charge is 0.485 e. The Balaban J connectivity index is 1.18. The SMILES string of the molecule is O=C(CSc1nnc([C@@H]2COc3ccccc3O2)o1)c1ccc(N2CCCC2=O)cc1. The molecule has 0 N–H and O–H groups in total. The summed E-state index contributed by atoms with van der Waals surface area (Å²) in [6.07, 6.45) is 0.953. The summed E-state index contributed by atoms with van der Waals surface area (Å²) in [6.45, 7) is 0.997. The molecule has 0 bridgehead atoms. The normalized spacial score (nSPS) is 17.7. The molecule has 9 heteroatoms. The lowest BCUT2D eigenvalue weighted by Gasteiger charge is -2.23. The fraction of sp³-hybridized carbons (Fsp3) is 0.273. The summed E-state index contributed by atoms with van der Waals surface area (Å²) in [5, 5.41) is 8.33. The summed E-state index contributed by atoms with van der Waals surface area (Å²) in [5.41, 5.74) is 1.40. The Morgan fingerprint density at radius 2 is 1.90 bits per heavy atom. The molecular formula is C22H19N3O5S. The number of anilines is 1. The first-order valence-corrected chi connectivity index (χ1v) is 10.9. The second-order valence-electron chi connectivity index (χ2n) is 7.18. The molecule has 3 aromatic rings. The molecule has 2 aliphatic heterocycles. The number of hydrogen-bond donors (Lipinski definition) is 0.